The molecule has 0 aromatic carbocycles. The first-order valence-corrected chi connectivity index (χ1v) is 8.85. The Hall–Kier alpha value is -1.75. The summed E-state index contributed by atoms with van der Waals surface area (Å²) >= 11 is 1.53. The lowest BCUT2D eigenvalue weighted by Crippen LogP contribution is -2.28. The fourth-order valence-electron chi connectivity index (χ4n) is 1.90. The van der Waals surface area contributed by atoms with E-state index in [-0.39, 0.29) is 16.6 Å². The second-order valence-electron chi connectivity index (χ2n) is 4.47. The van der Waals surface area contributed by atoms with Crippen molar-refractivity contribution in [1.82, 2.24) is 9.71 Å². The minimum atomic E-state index is -3.65. The Morgan fingerprint density at radius 3 is 2.76 bits per heavy atom. The van der Waals surface area contributed by atoms with Crippen molar-refractivity contribution >= 4 is 21.4 Å². The molecule has 1 unspecified atom stereocenters. The number of sulfonamides is 1. The zero-order chi connectivity index (χ0) is 15.3. The number of hydrogen-bond acceptors (Lipinski definition) is 5. The predicted molar refractivity (Wildman–Crippen MR) is 81.2 cm³/mol. The molecule has 1 atom stereocenters. The molecule has 21 heavy (non-hydrogen) atoms. The lowest BCUT2D eigenvalue weighted by molar-refractivity contribution is 0.540. The van der Waals surface area contributed by atoms with Gasteiger partial charge in [-0.1, -0.05) is 19.4 Å². The normalized spacial score (nSPS) is 12.8. The van der Waals surface area contributed by atoms with Crippen LogP contribution in [0.15, 0.2) is 40.7 Å². The molecule has 0 spiro atoms. The quantitative estimate of drug-likeness (QED) is 0.887. The summed E-state index contributed by atoms with van der Waals surface area (Å²) in [5.74, 6) is 0. The van der Waals surface area contributed by atoms with Crippen molar-refractivity contribution < 1.29 is 8.42 Å². The number of thiophene rings is 1. The van der Waals surface area contributed by atoms with Gasteiger partial charge in [0.15, 0.2) is 0 Å². The van der Waals surface area contributed by atoms with Gasteiger partial charge in [0, 0.05) is 11.1 Å². The molecule has 0 saturated heterocycles. The first-order valence-electron chi connectivity index (χ1n) is 6.48. The molecule has 110 valence electrons. The first-order chi connectivity index (χ1) is 10.1. The van der Waals surface area contributed by atoms with Crippen LogP contribution in [0.3, 0.4) is 0 Å². The largest absolute Gasteiger partial charge is 0.244 e. The summed E-state index contributed by atoms with van der Waals surface area (Å²) in [5, 5.41) is 10.6. The molecule has 0 amide bonds. The molecule has 0 saturated carbocycles. The molecule has 0 aliphatic carbocycles. The van der Waals surface area contributed by atoms with Crippen LogP contribution in [0.1, 0.15) is 36.4 Å². The fraction of sp³-hybridized carbons (Fsp3) is 0.286. The Balaban J connectivity index is 2.24. The van der Waals surface area contributed by atoms with E-state index in [1.807, 2.05) is 30.5 Å². The van der Waals surface area contributed by atoms with Gasteiger partial charge in [-0.15, -0.1) is 11.3 Å². The highest BCUT2D eigenvalue weighted by Gasteiger charge is 2.21. The van der Waals surface area contributed by atoms with E-state index in [0.717, 1.165) is 17.7 Å². The van der Waals surface area contributed by atoms with Crippen molar-refractivity contribution in [3.8, 4) is 6.07 Å². The number of aromatic nitrogens is 1. The summed E-state index contributed by atoms with van der Waals surface area (Å²) < 4.78 is 27.5. The van der Waals surface area contributed by atoms with Gasteiger partial charge in [0.25, 0.3) is 0 Å². The zero-order valence-corrected chi connectivity index (χ0v) is 13.1. The van der Waals surface area contributed by atoms with E-state index in [9.17, 15) is 8.42 Å². The third-order valence-corrected chi connectivity index (χ3v) is 5.37. The molecule has 5 nitrogen and oxygen atoms in total. The monoisotopic (exact) mass is 321 g/mol. The molecule has 0 aliphatic rings. The van der Waals surface area contributed by atoms with Crippen LogP contribution in [-0.4, -0.2) is 13.4 Å². The molecular weight excluding hydrogens is 306 g/mol. The van der Waals surface area contributed by atoms with Gasteiger partial charge in [0.05, 0.1) is 6.04 Å². The van der Waals surface area contributed by atoms with Gasteiger partial charge in [-0.25, -0.2) is 18.1 Å². The summed E-state index contributed by atoms with van der Waals surface area (Å²) in [4.78, 5) is 4.86. The van der Waals surface area contributed by atoms with Gasteiger partial charge in [0.1, 0.15) is 16.7 Å². The Labute approximate surface area is 128 Å². The van der Waals surface area contributed by atoms with Crippen LogP contribution in [-0.2, 0) is 10.0 Å². The maximum Gasteiger partial charge on any atom is 0.242 e. The molecule has 0 radical (unpaired) electrons. The van der Waals surface area contributed by atoms with E-state index in [1.54, 1.807) is 0 Å². The van der Waals surface area contributed by atoms with Crippen molar-refractivity contribution in [3.63, 3.8) is 0 Å². The van der Waals surface area contributed by atoms with Crippen LogP contribution in [0.2, 0.25) is 0 Å². The van der Waals surface area contributed by atoms with Crippen LogP contribution in [0.4, 0.5) is 0 Å². The molecule has 1 N–H and O–H groups in total. The van der Waals surface area contributed by atoms with Gasteiger partial charge in [-0.05, 0) is 30.0 Å². The summed E-state index contributed by atoms with van der Waals surface area (Å²) in [6, 6.07) is 8.24. The van der Waals surface area contributed by atoms with E-state index in [4.69, 9.17) is 5.26 Å². The van der Waals surface area contributed by atoms with E-state index in [2.05, 4.69) is 9.71 Å². The summed E-state index contributed by atoms with van der Waals surface area (Å²) in [7, 11) is -3.65. The number of nitrogens with zero attached hydrogens (tertiary/aromatic N) is 2. The van der Waals surface area contributed by atoms with Crippen LogP contribution >= 0.6 is 11.3 Å². The number of pyridine rings is 1. The molecule has 0 fully saturated rings. The molecule has 2 aromatic heterocycles. The highest BCUT2D eigenvalue weighted by Crippen LogP contribution is 2.25. The van der Waals surface area contributed by atoms with Crippen LogP contribution in [0.5, 0.6) is 0 Å². The fourth-order valence-corrected chi connectivity index (χ4v) is 3.98. The first kappa shape index (κ1) is 15.6. The molecule has 2 rings (SSSR count). The van der Waals surface area contributed by atoms with Crippen molar-refractivity contribution in [2.75, 3.05) is 0 Å². The molecule has 7 heteroatoms. The van der Waals surface area contributed by atoms with E-state index < -0.39 is 10.0 Å². The van der Waals surface area contributed by atoms with Crippen LogP contribution in [0, 0.1) is 11.3 Å². The van der Waals surface area contributed by atoms with E-state index >= 15 is 0 Å². The molecule has 2 aromatic rings. The standard InChI is InChI=1S/C14H15N3O2S2/c1-2-4-13(14-5-3-8-20-14)17-21(18,19)12-7-6-11(9-15)16-10-12/h3,5-8,10,13,17H,2,4H2,1H3. The minimum absolute atomic E-state index is 0.0687. The summed E-state index contributed by atoms with van der Waals surface area (Å²) in [6.45, 7) is 2.01. The van der Waals surface area contributed by atoms with Gasteiger partial charge in [-0.3, -0.25) is 0 Å². The lowest BCUT2D eigenvalue weighted by Gasteiger charge is -2.16. The van der Waals surface area contributed by atoms with Crippen LogP contribution in [0.25, 0.3) is 0 Å². The smallest absolute Gasteiger partial charge is 0.242 e. The maximum atomic E-state index is 12.4. The van der Waals surface area contributed by atoms with Crippen molar-refractivity contribution in [2.24, 2.45) is 0 Å². The zero-order valence-electron chi connectivity index (χ0n) is 11.5. The molecule has 2 heterocycles. The highest BCUT2D eigenvalue weighted by atomic mass is 32.2. The van der Waals surface area contributed by atoms with Gasteiger partial charge >= 0.3 is 0 Å². The third-order valence-electron chi connectivity index (χ3n) is 2.92. The average Bonchev–Trinajstić information content (AvgIpc) is 3.01. The number of nitriles is 1. The van der Waals surface area contributed by atoms with Crippen molar-refractivity contribution in [3.05, 3.63) is 46.4 Å². The van der Waals surface area contributed by atoms with Gasteiger partial charge in [-0.2, -0.15) is 5.26 Å². The van der Waals surface area contributed by atoms with E-state index in [0.29, 0.717) is 0 Å². The maximum absolute atomic E-state index is 12.4. The molecular formula is C14H15N3O2S2. The minimum Gasteiger partial charge on any atom is -0.244 e. The second-order valence-corrected chi connectivity index (χ2v) is 7.16. The Bertz CT molecular complexity index is 717. The molecule has 0 bridgehead atoms. The number of hydrogen-bond donors (Lipinski definition) is 1. The van der Waals surface area contributed by atoms with Gasteiger partial charge < -0.3 is 0 Å². The predicted octanol–water partition coefficient (Wildman–Crippen LogP) is 2.83. The van der Waals surface area contributed by atoms with Crippen molar-refractivity contribution in [1.29, 1.82) is 5.26 Å². The lowest BCUT2D eigenvalue weighted by atomic mass is 10.1. The topological polar surface area (TPSA) is 82.9 Å². The van der Waals surface area contributed by atoms with Gasteiger partial charge in [0.2, 0.25) is 10.0 Å². The average molecular weight is 321 g/mol. The third kappa shape index (κ3) is 3.88. The Morgan fingerprint density at radius 2 is 2.24 bits per heavy atom. The van der Waals surface area contributed by atoms with E-state index in [1.165, 1.54) is 29.7 Å². The SMILES string of the molecule is CCCC(NS(=O)(=O)c1ccc(C#N)nc1)c1cccs1. The summed E-state index contributed by atoms with van der Waals surface area (Å²) in [6.07, 6.45) is 2.80. The van der Waals surface area contributed by atoms with Crippen LogP contribution < -0.4 is 4.72 Å². The number of nitrogens with one attached hydrogen (secondary N) is 1. The number of rotatable bonds is 6. The summed E-state index contributed by atoms with van der Waals surface area (Å²) in [5.41, 5.74) is 0.192. The molecule has 0 aliphatic heterocycles. The second kappa shape index (κ2) is 6.80. The Morgan fingerprint density at radius 1 is 1.43 bits per heavy atom. The van der Waals surface area contributed by atoms with Crippen molar-refractivity contribution in [2.45, 2.75) is 30.7 Å². The highest BCUT2D eigenvalue weighted by molar-refractivity contribution is 7.89. The Kier molecular flexibility index (Phi) is 5.07.